The second kappa shape index (κ2) is 11.5. The Morgan fingerprint density at radius 2 is 1.48 bits per heavy atom. The predicted octanol–water partition coefficient (Wildman–Crippen LogP) is 4.89. The van der Waals surface area contributed by atoms with Gasteiger partial charge < -0.3 is 14.6 Å². The highest BCUT2D eigenvalue weighted by Gasteiger charge is 2.14. The van der Waals surface area contributed by atoms with Gasteiger partial charge in [-0.2, -0.15) is 0 Å². The zero-order valence-corrected chi connectivity index (χ0v) is 15.3. The van der Waals surface area contributed by atoms with E-state index >= 15 is 0 Å². The van der Waals surface area contributed by atoms with Crippen LogP contribution in [0.25, 0.3) is 0 Å². The largest absolute Gasteiger partial charge is 0.508 e. The maximum atomic E-state index is 10.2. The van der Waals surface area contributed by atoms with Crippen LogP contribution >= 0.6 is 0 Å². The third-order valence-electron chi connectivity index (χ3n) is 4.05. The predicted molar refractivity (Wildman–Crippen MR) is 96.2 cm³/mol. The maximum absolute atomic E-state index is 10.2. The molecule has 1 aromatic carbocycles. The highest BCUT2D eigenvalue weighted by Crippen LogP contribution is 2.25. The summed E-state index contributed by atoms with van der Waals surface area (Å²) in [5, 5.41) is 10.2. The second-order valence-corrected chi connectivity index (χ2v) is 6.39. The van der Waals surface area contributed by atoms with E-state index in [0.717, 1.165) is 57.3 Å². The van der Waals surface area contributed by atoms with E-state index in [4.69, 9.17) is 9.47 Å². The first-order valence-corrected chi connectivity index (χ1v) is 9.11. The number of unbranched alkanes of at least 4 members (excludes halogenated alkanes) is 2. The van der Waals surface area contributed by atoms with Crippen molar-refractivity contribution in [2.75, 3.05) is 13.2 Å². The zero-order chi connectivity index (χ0) is 17.1. The minimum atomic E-state index is 0.116. The smallest absolute Gasteiger partial charge is 0.119 e. The summed E-state index contributed by atoms with van der Waals surface area (Å²) in [4.78, 5) is 0. The number of phenols is 1. The lowest BCUT2D eigenvalue weighted by Crippen LogP contribution is -2.17. The molecule has 23 heavy (non-hydrogen) atoms. The molecule has 0 aliphatic rings. The molecule has 0 aliphatic heterocycles. The first-order chi connectivity index (χ1) is 11.1. The molecule has 0 amide bonds. The van der Waals surface area contributed by atoms with Crippen molar-refractivity contribution in [3.05, 3.63) is 29.3 Å². The summed E-state index contributed by atoms with van der Waals surface area (Å²) in [7, 11) is 0. The van der Waals surface area contributed by atoms with Crippen LogP contribution in [0.5, 0.6) is 5.75 Å². The van der Waals surface area contributed by atoms with Crippen molar-refractivity contribution >= 4 is 0 Å². The van der Waals surface area contributed by atoms with Crippen molar-refractivity contribution < 1.29 is 14.6 Å². The molecule has 0 spiro atoms. The topological polar surface area (TPSA) is 38.7 Å². The van der Waals surface area contributed by atoms with Gasteiger partial charge in [-0.25, -0.2) is 0 Å². The van der Waals surface area contributed by atoms with Gasteiger partial charge in [0.2, 0.25) is 0 Å². The fraction of sp³-hybridized carbons (Fsp3) is 0.700. The average molecular weight is 322 g/mol. The molecule has 1 aromatic rings. The van der Waals surface area contributed by atoms with Crippen LogP contribution in [0.1, 0.15) is 64.5 Å². The number of ether oxygens (including phenoxy) is 2. The Bertz CT molecular complexity index is 431. The molecule has 2 unspecified atom stereocenters. The monoisotopic (exact) mass is 322 g/mol. The maximum Gasteiger partial charge on any atom is 0.119 e. The van der Waals surface area contributed by atoms with Gasteiger partial charge in [-0.15, -0.1) is 0 Å². The van der Waals surface area contributed by atoms with Gasteiger partial charge in [0.25, 0.3) is 0 Å². The Balaban J connectivity index is 2.63. The molecule has 132 valence electrons. The van der Waals surface area contributed by atoms with Crippen molar-refractivity contribution in [2.45, 2.75) is 78.4 Å². The third kappa shape index (κ3) is 7.85. The normalized spacial score (nSPS) is 13.9. The summed E-state index contributed by atoms with van der Waals surface area (Å²) in [6, 6.07) is 5.77. The highest BCUT2D eigenvalue weighted by atomic mass is 16.5. The highest BCUT2D eigenvalue weighted by molar-refractivity contribution is 5.40. The lowest BCUT2D eigenvalue weighted by atomic mass is 9.97. The molecule has 3 nitrogen and oxygen atoms in total. The first kappa shape index (κ1) is 20.0. The Hall–Kier alpha value is -1.06. The molecule has 3 heteroatoms. The quantitative estimate of drug-likeness (QED) is 0.557. The summed E-state index contributed by atoms with van der Waals surface area (Å²) in [5.74, 6) is 0.370. The zero-order valence-electron chi connectivity index (χ0n) is 15.3. The van der Waals surface area contributed by atoms with Gasteiger partial charge in [-0.3, -0.25) is 0 Å². The molecule has 2 atom stereocenters. The fourth-order valence-corrected chi connectivity index (χ4v) is 2.62. The number of hydrogen-bond acceptors (Lipinski definition) is 3. The number of rotatable bonds is 12. The van der Waals surface area contributed by atoms with Crippen LogP contribution in [0.3, 0.4) is 0 Å². The van der Waals surface area contributed by atoms with Gasteiger partial charge in [-0.1, -0.05) is 38.8 Å². The summed E-state index contributed by atoms with van der Waals surface area (Å²) < 4.78 is 11.7. The van der Waals surface area contributed by atoms with Crippen molar-refractivity contribution in [1.82, 2.24) is 0 Å². The number of phenolic OH excluding ortho intramolecular Hbond substituents is 1. The van der Waals surface area contributed by atoms with Crippen LogP contribution in [0.2, 0.25) is 0 Å². The minimum absolute atomic E-state index is 0.116. The number of aromatic hydroxyl groups is 1. The van der Waals surface area contributed by atoms with Gasteiger partial charge in [0.1, 0.15) is 5.75 Å². The molecule has 0 fully saturated rings. The number of benzene rings is 1. The van der Waals surface area contributed by atoms with Crippen LogP contribution in [-0.4, -0.2) is 30.5 Å². The van der Waals surface area contributed by atoms with Crippen molar-refractivity contribution in [1.29, 1.82) is 0 Å². The Morgan fingerprint density at radius 1 is 0.913 bits per heavy atom. The Labute approximate surface area is 142 Å². The van der Waals surface area contributed by atoms with E-state index in [1.54, 1.807) is 6.07 Å². The SMILES string of the molecule is CCCCOC(C)Cc1cccc(O)c1CC(C)OCCCC. The van der Waals surface area contributed by atoms with Gasteiger partial charge in [-0.05, 0) is 50.3 Å². The minimum Gasteiger partial charge on any atom is -0.508 e. The number of hydrogen-bond donors (Lipinski definition) is 1. The van der Waals surface area contributed by atoms with E-state index in [1.807, 2.05) is 6.07 Å². The van der Waals surface area contributed by atoms with Crippen LogP contribution in [0.4, 0.5) is 0 Å². The molecule has 0 aliphatic carbocycles. The Kier molecular flexibility index (Phi) is 9.97. The van der Waals surface area contributed by atoms with Crippen LogP contribution in [0, 0.1) is 0 Å². The van der Waals surface area contributed by atoms with E-state index in [-0.39, 0.29) is 12.2 Å². The molecule has 0 radical (unpaired) electrons. The lowest BCUT2D eigenvalue weighted by molar-refractivity contribution is 0.0603. The summed E-state index contributed by atoms with van der Waals surface area (Å²) >= 11 is 0. The van der Waals surface area contributed by atoms with Gasteiger partial charge in [0, 0.05) is 19.6 Å². The van der Waals surface area contributed by atoms with E-state index in [2.05, 4.69) is 33.8 Å². The molecule has 0 bridgehead atoms. The van der Waals surface area contributed by atoms with E-state index < -0.39 is 0 Å². The van der Waals surface area contributed by atoms with Gasteiger partial charge >= 0.3 is 0 Å². The Morgan fingerprint density at radius 3 is 2.04 bits per heavy atom. The fourth-order valence-electron chi connectivity index (χ4n) is 2.62. The van der Waals surface area contributed by atoms with Crippen molar-refractivity contribution in [3.63, 3.8) is 0 Å². The molecule has 0 saturated heterocycles. The van der Waals surface area contributed by atoms with E-state index in [9.17, 15) is 5.11 Å². The molecule has 0 heterocycles. The van der Waals surface area contributed by atoms with Crippen molar-refractivity contribution in [3.8, 4) is 5.75 Å². The summed E-state index contributed by atoms with van der Waals surface area (Å²) in [5.41, 5.74) is 2.17. The third-order valence-corrected chi connectivity index (χ3v) is 4.05. The molecule has 0 aromatic heterocycles. The average Bonchev–Trinajstić information content (AvgIpc) is 2.51. The van der Waals surface area contributed by atoms with Gasteiger partial charge in [0.05, 0.1) is 12.2 Å². The van der Waals surface area contributed by atoms with Crippen LogP contribution < -0.4 is 0 Å². The van der Waals surface area contributed by atoms with Gasteiger partial charge in [0.15, 0.2) is 0 Å². The lowest BCUT2D eigenvalue weighted by Gasteiger charge is -2.19. The van der Waals surface area contributed by atoms with Crippen LogP contribution in [-0.2, 0) is 22.3 Å². The first-order valence-electron chi connectivity index (χ1n) is 9.11. The van der Waals surface area contributed by atoms with Crippen LogP contribution in [0.15, 0.2) is 18.2 Å². The molecule has 1 rings (SSSR count). The van der Waals surface area contributed by atoms with E-state index in [0.29, 0.717) is 5.75 Å². The van der Waals surface area contributed by atoms with Crippen molar-refractivity contribution in [2.24, 2.45) is 0 Å². The summed E-state index contributed by atoms with van der Waals surface area (Å²) in [6.45, 7) is 10.1. The standard InChI is InChI=1S/C20H34O3/c1-5-7-12-22-16(3)14-18-10-9-11-20(21)19(18)15-17(4)23-13-8-6-2/h9-11,16-17,21H,5-8,12-15H2,1-4H3. The molecular formula is C20H34O3. The molecular weight excluding hydrogens is 288 g/mol. The summed E-state index contributed by atoms with van der Waals surface area (Å²) in [6.07, 6.45) is 6.32. The molecule has 0 saturated carbocycles. The van der Waals surface area contributed by atoms with E-state index in [1.165, 1.54) is 5.56 Å². The molecule has 1 N–H and O–H groups in total. The second-order valence-electron chi connectivity index (χ2n) is 6.39.